The van der Waals surface area contributed by atoms with Crippen LogP contribution in [0.15, 0.2) is 48.5 Å². The normalized spacial score (nSPS) is 14.0. The maximum absolute atomic E-state index is 12.5. The number of hydrogen-bond donors (Lipinski definition) is 2. The highest BCUT2D eigenvalue weighted by Crippen LogP contribution is 2.21. The lowest BCUT2D eigenvalue weighted by molar-refractivity contribution is 0.0956. The second kappa shape index (κ2) is 8.77. The van der Waals surface area contributed by atoms with Crippen LogP contribution in [0.3, 0.4) is 0 Å². The molecule has 6 nitrogen and oxygen atoms in total. The number of amides is 3. The molecule has 3 rings (SSSR count). The van der Waals surface area contributed by atoms with Crippen LogP contribution in [-0.2, 0) is 0 Å². The summed E-state index contributed by atoms with van der Waals surface area (Å²) in [4.78, 5) is 28.3. The first-order valence-corrected chi connectivity index (χ1v) is 9.39. The van der Waals surface area contributed by atoms with Gasteiger partial charge in [-0.05, 0) is 49.4 Å². The molecule has 0 aromatic heterocycles. The molecule has 2 aromatic carbocycles. The predicted molar refractivity (Wildman–Crippen MR) is 109 cm³/mol. The van der Waals surface area contributed by atoms with E-state index in [2.05, 4.69) is 15.5 Å². The van der Waals surface area contributed by atoms with Gasteiger partial charge >= 0.3 is 6.03 Å². The number of nitrogens with zero attached hydrogens (tertiary/aromatic N) is 2. The van der Waals surface area contributed by atoms with Crippen molar-refractivity contribution in [2.75, 3.05) is 42.9 Å². The van der Waals surface area contributed by atoms with Crippen LogP contribution < -0.4 is 15.5 Å². The molecule has 0 atom stereocenters. The molecule has 0 spiro atoms. The van der Waals surface area contributed by atoms with E-state index in [-0.39, 0.29) is 11.9 Å². The van der Waals surface area contributed by atoms with Crippen molar-refractivity contribution in [1.82, 2.24) is 10.2 Å². The number of carbonyl (C=O) groups excluding carboxylic acids is 2. The molecular weight excluding hydrogens is 364 g/mol. The van der Waals surface area contributed by atoms with Crippen molar-refractivity contribution in [3.8, 4) is 0 Å². The van der Waals surface area contributed by atoms with Gasteiger partial charge in [0.25, 0.3) is 5.91 Å². The molecule has 0 radical (unpaired) electrons. The summed E-state index contributed by atoms with van der Waals surface area (Å²) in [7, 11) is 0. The highest BCUT2D eigenvalue weighted by Gasteiger charge is 2.21. The number of hydrogen-bond acceptors (Lipinski definition) is 3. The summed E-state index contributed by atoms with van der Waals surface area (Å²) in [5.41, 5.74) is 2.32. The largest absolute Gasteiger partial charge is 0.368 e. The number of rotatable bonds is 4. The molecule has 2 aromatic rings. The van der Waals surface area contributed by atoms with Crippen molar-refractivity contribution in [3.63, 3.8) is 0 Å². The van der Waals surface area contributed by atoms with Gasteiger partial charge in [-0.3, -0.25) is 4.79 Å². The van der Waals surface area contributed by atoms with Gasteiger partial charge in [0.15, 0.2) is 0 Å². The van der Waals surface area contributed by atoms with Gasteiger partial charge in [-0.2, -0.15) is 0 Å². The maximum Gasteiger partial charge on any atom is 0.321 e. The number of urea groups is 1. The quantitative estimate of drug-likeness (QED) is 0.845. The van der Waals surface area contributed by atoms with Crippen LogP contribution in [0.2, 0.25) is 5.02 Å². The van der Waals surface area contributed by atoms with Crippen molar-refractivity contribution in [3.05, 3.63) is 59.1 Å². The number of piperazine rings is 1. The van der Waals surface area contributed by atoms with Crippen LogP contribution in [0.5, 0.6) is 0 Å². The first-order valence-electron chi connectivity index (χ1n) is 9.01. The number of nitrogens with one attached hydrogen (secondary N) is 2. The standard InChI is InChI=1S/C20H23ClN4O2/c1-2-22-19(26)15-6-8-17(9-7-15)23-20(27)25-12-10-24(11-13-25)18-5-3-4-16(21)14-18/h3-9,14H,2,10-13H2,1H3,(H,22,26)(H,23,27). The topological polar surface area (TPSA) is 64.7 Å². The zero-order valence-electron chi connectivity index (χ0n) is 15.2. The summed E-state index contributed by atoms with van der Waals surface area (Å²) < 4.78 is 0. The molecule has 27 heavy (non-hydrogen) atoms. The number of benzene rings is 2. The summed E-state index contributed by atoms with van der Waals surface area (Å²) in [6, 6.07) is 14.5. The Kier molecular flexibility index (Phi) is 6.19. The van der Waals surface area contributed by atoms with Gasteiger partial charge in [0, 0.05) is 54.7 Å². The molecule has 3 amide bonds. The van der Waals surface area contributed by atoms with E-state index in [1.165, 1.54) is 0 Å². The minimum atomic E-state index is -0.133. The highest BCUT2D eigenvalue weighted by atomic mass is 35.5. The second-order valence-corrected chi connectivity index (χ2v) is 6.76. The Morgan fingerprint density at radius 2 is 1.74 bits per heavy atom. The summed E-state index contributed by atoms with van der Waals surface area (Å²) in [5.74, 6) is -0.118. The van der Waals surface area contributed by atoms with E-state index in [0.717, 1.165) is 18.8 Å². The second-order valence-electron chi connectivity index (χ2n) is 6.32. The SMILES string of the molecule is CCNC(=O)c1ccc(NC(=O)N2CCN(c3cccc(Cl)c3)CC2)cc1. The molecule has 2 N–H and O–H groups in total. The molecule has 0 bridgehead atoms. The van der Waals surface area contributed by atoms with Crippen molar-refractivity contribution in [2.45, 2.75) is 6.92 Å². The molecule has 0 saturated carbocycles. The zero-order chi connectivity index (χ0) is 19.2. The average Bonchev–Trinajstić information content (AvgIpc) is 2.69. The molecular formula is C20H23ClN4O2. The van der Waals surface area contributed by atoms with Crippen molar-refractivity contribution < 1.29 is 9.59 Å². The fraction of sp³-hybridized carbons (Fsp3) is 0.300. The summed E-state index contributed by atoms with van der Waals surface area (Å²) >= 11 is 6.06. The van der Waals surface area contributed by atoms with Gasteiger partial charge in [0.1, 0.15) is 0 Å². The third-order valence-electron chi connectivity index (χ3n) is 4.48. The van der Waals surface area contributed by atoms with Gasteiger partial charge in [-0.1, -0.05) is 17.7 Å². The molecule has 1 heterocycles. The Morgan fingerprint density at radius 3 is 2.37 bits per heavy atom. The highest BCUT2D eigenvalue weighted by molar-refractivity contribution is 6.30. The summed E-state index contributed by atoms with van der Waals surface area (Å²) in [6.07, 6.45) is 0. The van der Waals surface area contributed by atoms with E-state index >= 15 is 0 Å². The monoisotopic (exact) mass is 386 g/mol. The lowest BCUT2D eigenvalue weighted by Gasteiger charge is -2.36. The molecule has 1 aliphatic rings. The van der Waals surface area contributed by atoms with Crippen LogP contribution in [-0.4, -0.2) is 49.6 Å². The average molecular weight is 387 g/mol. The van der Waals surface area contributed by atoms with E-state index in [1.807, 2.05) is 31.2 Å². The fourth-order valence-electron chi connectivity index (χ4n) is 3.01. The minimum Gasteiger partial charge on any atom is -0.368 e. The van der Waals surface area contributed by atoms with E-state index in [9.17, 15) is 9.59 Å². The van der Waals surface area contributed by atoms with Crippen LogP contribution in [0.25, 0.3) is 0 Å². The van der Waals surface area contributed by atoms with E-state index in [1.54, 1.807) is 29.2 Å². The van der Waals surface area contributed by atoms with Gasteiger partial charge in [-0.15, -0.1) is 0 Å². The smallest absolute Gasteiger partial charge is 0.321 e. The van der Waals surface area contributed by atoms with E-state index in [4.69, 9.17) is 11.6 Å². The lowest BCUT2D eigenvalue weighted by atomic mass is 10.2. The molecule has 0 unspecified atom stereocenters. The van der Waals surface area contributed by atoms with Crippen molar-refractivity contribution in [2.24, 2.45) is 0 Å². The lowest BCUT2D eigenvalue weighted by Crippen LogP contribution is -2.50. The third-order valence-corrected chi connectivity index (χ3v) is 4.71. The van der Waals surface area contributed by atoms with Crippen LogP contribution >= 0.6 is 11.6 Å². The Hall–Kier alpha value is -2.73. The fourth-order valence-corrected chi connectivity index (χ4v) is 3.20. The summed E-state index contributed by atoms with van der Waals surface area (Å²) in [5, 5.41) is 6.35. The Bertz CT molecular complexity index is 802. The third kappa shape index (κ3) is 4.92. The molecule has 1 fully saturated rings. The van der Waals surface area contributed by atoms with Crippen LogP contribution in [0.4, 0.5) is 16.2 Å². The maximum atomic E-state index is 12.5. The van der Waals surface area contributed by atoms with Gasteiger partial charge in [-0.25, -0.2) is 4.79 Å². The molecule has 1 aliphatic heterocycles. The minimum absolute atomic E-state index is 0.118. The van der Waals surface area contributed by atoms with Crippen LogP contribution in [0, 0.1) is 0 Å². The Balaban J connectivity index is 1.53. The van der Waals surface area contributed by atoms with Gasteiger partial charge in [0.2, 0.25) is 0 Å². The van der Waals surface area contributed by atoms with E-state index < -0.39 is 0 Å². The number of halogens is 1. The first kappa shape index (κ1) is 19.0. The van der Waals surface area contributed by atoms with Gasteiger partial charge < -0.3 is 20.4 Å². The van der Waals surface area contributed by atoms with Crippen LogP contribution in [0.1, 0.15) is 17.3 Å². The molecule has 142 valence electrons. The van der Waals surface area contributed by atoms with E-state index in [0.29, 0.717) is 35.9 Å². The van der Waals surface area contributed by atoms with Crippen molar-refractivity contribution in [1.29, 1.82) is 0 Å². The zero-order valence-corrected chi connectivity index (χ0v) is 16.0. The molecule has 0 aliphatic carbocycles. The Labute approximate surface area is 164 Å². The van der Waals surface area contributed by atoms with Crippen molar-refractivity contribution >= 4 is 34.9 Å². The molecule has 7 heteroatoms. The Morgan fingerprint density at radius 1 is 1.04 bits per heavy atom. The molecule has 1 saturated heterocycles. The summed E-state index contributed by atoms with van der Waals surface area (Å²) in [6.45, 7) is 5.23. The predicted octanol–water partition coefficient (Wildman–Crippen LogP) is 3.44. The number of carbonyl (C=O) groups is 2. The van der Waals surface area contributed by atoms with Gasteiger partial charge in [0.05, 0.1) is 0 Å². The first-order chi connectivity index (χ1) is 13.1. The number of anilines is 2.